The van der Waals surface area contributed by atoms with E-state index in [1.807, 2.05) is 30.3 Å². The van der Waals surface area contributed by atoms with Gasteiger partial charge in [-0.1, -0.05) is 35.5 Å². The van der Waals surface area contributed by atoms with Crippen LogP contribution in [-0.4, -0.2) is 16.0 Å². The quantitative estimate of drug-likeness (QED) is 0.604. The number of anilines is 1. The molecule has 1 unspecified atom stereocenters. The van der Waals surface area contributed by atoms with Crippen LogP contribution in [0.25, 0.3) is 11.4 Å². The van der Waals surface area contributed by atoms with Crippen LogP contribution in [0.2, 0.25) is 0 Å². The van der Waals surface area contributed by atoms with E-state index < -0.39 is 23.7 Å². The van der Waals surface area contributed by atoms with Gasteiger partial charge < -0.3 is 9.42 Å². The molecule has 1 atom stereocenters. The largest absolute Gasteiger partial charge is 0.471 e. The van der Waals surface area contributed by atoms with Crippen LogP contribution in [0.4, 0.5) is 23.2 Å². The van der Waals surface area contributed by atoms with Gasteiger partial charge in [-0.15, -0.1) is 0 Å². The third kappa shape index (κ3) is 3.23. The Balaban J connectivity index is 1.67. The van der Waals surface area contributed by atoms with Gasteiger partial charge >= 0.3 is 12.1 Å². The van der Waals surface area contributed by atoms with Crippen LogP contribution in [0.15, 0.2) is 53.1 Å². The number of hydrogen-bond donors (Lipinski definition) is 0. The molecule has 28 heavy (non-hydrogen) atoms. The Hall–Kier alpha value is -3.23. The molecule has 1 fully saturated rings. The Morgan fingerprint density at radius 3 is 2.50 bits per heavy atom. The summed E-state index contributed by atoms with van der Waals surface area (Å²) in [4.78, 5) is 17.1. The number of carbonyl (C=O) groups is 1. The van der Waals surface area contributed by atoms with E-state index in [2.05, 4.69) is 14.7 Å². The van der Waals surface area contributed by atoms with Gasteiger partial charge in [-0.05, 0) is 30.2 Å². The number of aromatic nitrogens is 2. The maximum absolute atomic E-state index is 14.6. The summed E-state index contributed by atoms with van der Waals surface area (Å²) in [6.07, 6.45) is -3.90. The summed E-state index contributed by atoms with van der Waals surface area (Å²) in [7, 11) is 0. The molecule has 0 saturated carbocycles. The molecule has 0 N–H and O–H groups in total. The fourth-order valence-electron chi connectivity index (χ4n) is 3.28. The molecular formula is C19H13F4N3O2. The van der Waals surface area contributed by atoms with Crippen LogP contribution < -0.4 is 4.90 Å². The third-order valence-corrected chi connectivity index (χ3v) is 4.54. The molecule has 1 aliphatic heterocycles. The van der Waals surface area contributed by atoms with E-state index in [1.165, 1.54) is 17.0 Å². The Morgan fingerprint density at radius 1 is 1.11 bits per heavy atom. The number of carbonyl (C=O) groups excluding carboxylic acids is 1. The molecule has 2 aromatic carbocycles. The molecule has 144 valence electrons. The Kier molecular flexibility index (Phi) is 4.37. The molecule has 9 heteroatoms. The van der Waals surface area contributed by atoms with Gasteiger partial charge in [-0.25, -0.2) is 4.39 Å². The van der Waals surface area contributed by atoms with Crippen LogP contribution >= 0.6 is 0 Å². The van der Waals surface area contributed by atoms with E-state index in [-0.39, 0.29) is 17.5 Å². The highest BCUT2D eigenvalue weighted by Gasteiger charge is 2.39. The summed E-state index contributed by atoms with van der Waals surface area (Å²) in [6, 6.07) is 12.9. The first-order valence-electron chi connectivity index (χ1n) is 8.42. The lowest BCUT2D eigenvalue weighted by Crippen LogP contribution is -2.27. The van der Waals surface area contributed by atoms with Gasteiger partial charge in [0, 0.05) is 12.1 Å². The first-order chi connectivity index (χ1) is 13.3. The number of rotatable bonds is 3. The molecule has 4 rings (SSSR count). The lowest BCUT2D eigenvalue weighted by Gasteiger charge is -2.25. The zero-order valence-electron chi connectivity index (χ0n) is 14.3. The lowest BCUT2D eigenvalue weighted by molar-refractivity contribution is -0.159. The summed E-state index contributed by atoms with van der Waals surface area (Å²) in [5, 5.41) is 3.19. The molecule has 5 nitrogen and oxygen atoms in total. The molecule has 1 amide bonds. The maximum Gasteiger partial charge on any atom is 0.471 e. The zero-order valence-corrected chi connectivity index (χ0v) is 14.3. The second-order valence-corrected chi connectivity index (χ2v) is 6.31. The number of alkyl halides is 3. The van der Waals surface area contributed by atoms with Crippen LogP contribution in [-0.2, 0) is 11.0 Å². The highest BCUT2D eigenvalue weighted by atomic mass is 19.4. The second kappa shape index (κ2) is 6.74. The molecule has 1 aromatic heterocycles. The first kappa shape index (κ1) is 18.1. The molecule has 3 aromatic rings. The van der Waals surface area contributed by atoms with Gasteiger partial charge in [0.2, 0.25) is 11.7 Å². The molecule has 0 aliphatic carbocycles. The van der Waals surface area contributed by atoms with E-state index in [4.69, 9.17) is 0 Å². The zero-order chi connectivity index (χ0) is 19.9. The van der Waals surface area contributed by atoms with Gasteiger partial charge in [0.1, 0.15) is 5.82 Å². The molecule has 2 heterocycles. The third-order valence-electron chi connectivity index (χ3n) is 4.54. The van der Waals surface area contributed by atoms with Crippen LogP contribution in [0.5, 0.6) is 0 Å². The normalized spacial score (nSPS) is 17.4. The molecule has 0 spiro atoms. The van der Waals surface area contributed by atoms with Crippen molar-refractivity contribution in [3.05, 3.63) is 65.8 Å². The Labute approximate surface area is 156 Å². The monoisotopic (exact) mass is 391 g/mol. The van der Waals surface area contributed by atoms with E-state index in [9.17, 15) is 22.4 Å². The van der Waals surface area contributed by atoms with Crippen LogP contribution in [0, 0.1) is 5.82 Å². The standard InChI is InChI=1S/C19H13F4N3O2/c20-14-10-12(6-7-13(14)17-24-18(28-25-17)19(21,22)23)26-15(8-9-16(26)27)11-4-2-1-3-5-11/h1-7,10,15H,8-9H2. The predicted octanol–water partition coefficient (Wildman–Crippen LogP) is 4.76. The van der Waals surface area contributed by atoms with Gasteiger partial charge in [0.05, 0.1) is 11.6 Å². The number of halogens is 4. The van der Waals surface area contributed by atoms with Crippen molar-refractivity contribution in [2.24, 2.45) is 0 Å². The minimum Gasteiger partial charge on any atom is -0.329 e. The highest BCUT2D eigenvalue weighted by molar-refractivity contribution is 5.96. The van der Waals surface area contributed by atoms with E-state index in [0.29, 0.717) is 18.5 Å². The van der Waals surface area contributed by atoms with Gasteiger partial charge in [-0.3, -0.25) is 4.79 Å². The van der Waals surface area contributed by atoms with Crippen molar-refractivity contribution in [3.8, 4) is 11.4 Å². The van der Waals surface area contributed by atoms with Crippen molar-refractivity contribution in [2.75, 3.05) is 4.90 Å². The predicted molar refractivity (Wildman–Crippen MR) is 90.6 cm³/mol. The number of nitrogens with zero attached hydrogens (tertiary/aromatic N) is 3. The summed E-state index contributed by atoms with van der Waals surface area (Å²) in [5.74, 6) is -3.06. The van der Waals surface area contributed by atoms with E-state index in [1.54, 1.807) is 0 Å². The van der Waals surface area contributed by atoms with Crippen molar-refractivity contribution < 1.29 is 26.9 Å². The second-order valence-electron chi connectivity index (χ2n) is 6.31. The van der Waals surface area contributed by atoms with Crippen molar-refractivity contribution in [1.82, 2.24) is 10.1 Å². The van der Waals surface area contributed by atoms with Gasteiger partial charge in [0.25, 0.3) is 0 Å². The number of amides is 1. The minimum absolute atomic E-state index is 0.153. The maximum atomic E-state index is 14.6. The lowest BCUT2D eigenvalue weighted by atomic mass is 10.0. The minimum atomic E-state index is -4.81. The fraction of sp³-hybridized carbons (Fsp3) is 0.211. The summed E-state index contributed by atoms with van der Waals surface area (Å²) in [6.45, 7) is 0. The smallest absolute Gasteiger partial charge is 0.329 e. The van der Waals surface area contributed by atoms with Crippen LogP contribution in [0.1, 0.15) is 30.3 Å². The van der Waals surface area contributed by atoms with E-state index in [0.717, 1.165) is 11.6 Å². The van der Waals surface area contributed by atoms with Gasteiger partial charge in [0.15, 0.2) is 0 Å². The van der Waals surface area contributed by atoms with Crippen molar-refractivity contribution in [2.45, 2.75) is 25.1 Å². The molecular weight excluding hydrogens is 378 g/mol. The molecule has 0 bridgehead atoms. The molecule has 1 aliphatic rings. The summed E-state index contributed by atoms with van der Waals surface area (Å²) in [5.41, 5.74) is 0.994. The van der Waals surface area contributed by atoms with Gasteiger partial charge in [-0.2, -0.15) is 18.2 Å². The van der Waals surface area contributed by atoms with Crippen molar-refractivity contribution in [1.29, 1.82) is 0 Å². The highest BCUT2D eigenvalue weighted by Crippen LogP contribution is 2.38. The van der Waals surface area contributed by atoms with Crippen molar-refractivity contribution >= 4 is 11.6 Å². The summed E-state index contributed by atoms with van der Waals surface area (Å²) < 4.78 is 56.6. The topological polar surface area (TPSA) is 59.2 Å². The summed E-state index contributed by atoms with van der Waals surface area (Å²) >= 11 is 0. The van der Waals surface area contributed by atoms with Crippen molar-refractivity contribution in [3.63, 3.8) is 0 Å². The number of benzene rings is 2. The fourth-order valence-corrected chi connectivity index (χ4v) is 3.28. The average molecular weight is 391 g/mol. The molecule has 1 saturated heterocycles. The first-order valence-corrected chi connectivity index (χ1v) is 8.42. The average Bonchev–Trinajstić information content (AvgIpc) is 3.29. The van der Waals surface area contributed by atoms with E-state index >= 15 is 0 Å². The molecule has 0 radical (unpaired) electrons. The Morgan fingerprint density at radius 2 is 1.86 bits per heavy atom. The Bertz CT molecular complexity index is 1020. The number of hydrogen-bond acceptors (Lipinski definition) is 4. The van der Waals surface area contributed by atoms with Crippen LogP contribution in [0.3, 0.4) is 0 Å². The SMILES string of the molecule is O=C1CCC(c2ccccc2)N1c1ccc(-c2noc(C(F)(F)F)n2)c(F)c1.